The molecule has 0 unspecified atom stereocenters. The number of anilines is 1. The fourth-order valence-electron chi connectivity index (χ4n) is 4.27. The van der Waals surface area contributed by atoms with Crippen LogP contribution in [-0.2, 0) is 9.53 Å². The van der Waals surface area contributed by atoms with Crippen LogP contribution in [0.15, 0.2) is 60.2 Å². The molecule has 156 valence electrons. The van der Waals surface area contributed by atoms with Crippen molar-refractivity contribution in [1.82, 2.24) is 0 Å². The van der Waals surface area contributed by atoms with Gasteiger partial charge >= 0.3 is 6.09 Å². The minimum atomic E-state index is -0.756. The zero-order valence-corrected chi connectivity index (χ0v) is 17.2. The van der Waals surface area contributed by atoms with Crippen LogP contribution in [0.5, 0.6) is 0 Å². The maximum Gasteiger partial charge on any atom is 0.421 e. The molecule has 7 nitrogen and oxygen atoms in total. The molecular weight excluding hydrogens is 384 g/mol. The first-order chi connectivity index (χ1) is 14.4. The van der Waals surface area contributed by atoms with Crippen LogP contribution in [0.2, 0.25) is 0 Å². The normalized spacial score (nSPS) is 16.6. The van der Waals surface area contributed by atoms with Crippen LogP contribution in [0.25, 0.3) is 5.57 Å². The molecule has 0 bridgehead atoms. The highest BCUT2D eigenvalue weighted by Crippen LogP contribution is 2.43. The lowest BCUT2D eigenvalue weighted by atomic mass is 9.77. The lowest BCUT2D eigenvalue weighted by molar-refractivity contribution is -0.484. The zero-order chi connectivity index (χ0) is 21.8. The van der Waals surface area contributed by atoms with Gasteiger partial charge in [0.1, 0.15) is 0 Å². The van der Waals surface area contributed by atoms with Gasteiger partial charge in [-0.15, -0.1) is 0 Å². The standard InChI is InChI=1S/C23H24N2O5/c1-4-17(19(14-24(28)29)16-10-6-5-7-11-16)15(2)21-18-12-8-9-13-20(18)25(22(21)26)23(27)30-3/h5-13,17,19H,4,14H2,1-3H3/b21-15-/t17-,19-/m0/s1. The van der Waals surface area contributed by atoms with E-state index in [9.17, 15) is 19.7 Å². The van der Waals surface area contributed by atoms with E-state index in [1.54, 1.807) is 24.3 Å². The summed E-state index contributed by atoms with van der Waals surface area (Å²) in [5.41, 5.74) is 3.09. The molecule has 0 saturated carbocycles. The molecule has 3 rings (SSSR count). The molecule has 30 heavy (non-hydrogen) atoms. The summed E-state index contributed by atoms with van der Waals surface area (Å²) in [6, 6.07) is 16.3. The van der Waals surface area contributed by atoms with Crippen LogP contribution in [0, 0.1) is 16.0 Å². The third-order valence-corrected chi connectivity index (χ3v) is 5.64. The summed E-state index contributed by atoms with van der Waals surface area (Å²) in [6.07, 6.45) is -0.149. The van der Waals surface area contributed by atoms with E-state index in [4.69, 9.17) is 4.74 Å². The number of imide groups is 1. The van der Waals surface area contributed by atoms with Crippen molar-refractivity contribution in [3.63, 3.8) is 0 Å². The van der Waals surface area contributed by atoms with Crippen LogP contribution in [0.4, 0.5) is 10.5 Å². The van der Waals surface area contributed by atoms with Gasteiger partial charge < -0.3 is 4.74 Å². The van der Waals surface area contributed by atoms with Gasteiger partial charge in [0.25, 0.3) is 5.91 Å². The van der Waals surface area contributed by atoms with Gasteiger partial charge in [0.05, 0.1) is 18.7 Å². The second kappa shape index (κ2) is 8.90. The number of hydrogen-bond donors (Lipinski definition) is 0. The third kappa shape index (κ3) is 3.83. The molecule has 0 spiro atoms. The van der Waals surface area contributed by atoms with E-state index in [0.29, 0.717) is 23.2 Å². The summed E-state index contributed by atoms with van der Waals surface area (Å²) in [7, 11) is 1.23. The van der Waals surface area contributed by atoms with Gasteiger partial charge in [0.2, 0.25) is 6.54 Å². The van der Waals surface area contributed by atoms with Crippen molar-refractivity contribution in [2.24, 2.45) is 5.92 Å². The van der Waals surface area contributed by atoms with Crippen molar-refractivity contribution < 1.29 is 19.2 Å². The molecule has 0 aliphatic carbocycles. The predicted molar refractivity (Wildman–Crippen MR) is 114 cm³/mol. The quantitative estimate of drug-likeness (QED) is 0.394. The lowest BCUT2D eigenvalue weighted by Gasteiger charge is -2.26. The highest BCUT2D eigenvalue weighted by Gasteiger charge is 2.40. The van der Waals surface area contributed by atoms with Gasteiger partial charge in [-0.2, -0.15) is 0 Å². The molecule has 2 atom stereocenters. The van der Waals surface area contributed by atoms with Crippen molar-refractivity contribution in [2.75, 3.05) is 18.6 Å². The number of fused-ring (bicyclic) bond motifs is 1. The zero-order valence-electron chi connectivity index (χ0n) is 17.2. The third-order valence-electron chi connectivity index (χ3n) is 5.64. The number of ether oxygens (including phenoxy) is 1. The van der Waals surface area contributed by atoms with Crippen molar-refractivity contribution in [3.8, 4) is 0 Å². The van der Waals surface area contributed by atoms with Gasteiger partial charge in [0, 0.05) is 16.1 Å². The number of nitro groups is 1. The Labute approximate surface area is 175 Å². The first kappa shape index (κ1) is 21.2. The second-order valence-corrected chi connectivity index (χ2v) is 7.23. The van der Waals surface area contributed by atoms with Gasteiger partial charge in [-0.05, 0) is 30.9 Å². The van der Waals surface area contributed by atoms with Crippen molar-refractivity contribution in [3.05, 3.63) is 81.4 Å². The number of para-hydroxylation sites is 1. The summed E-state index contributed by atoms with van der Waals surface area (Å²) in [4.78, 5) is 37.7. The Morgan fingerprint density at radius 2 is 1.77 bits per heavy atom. The highest BCUT2D eigenvalue weighted by atomic mass is 16.6. The molecule has 0 N–H and O–H groups in total. The lowest BCUT2D eigenvalue weighted by Crippen LogP contribution is -2.33. The minimum absolute atomic E-state index is 0.246. The average molecular weight is 408 g/mol. The molecule has 0 fully saturated rings. The Kier molecular flexibility index (Phi) is 6.30. The molecule has 1 aliphatic heterocycles. The number of nitrogens with zero attached hydrogens (tertiary/aromatic N) is 2. The minimum Gasteiger partial charge on any atom is -0.452 e. The van der Waals surface area contributed by atoms with Crippen LogP contribution >= 0.6 is 0 Å². The number of allylic oxidation sites excluding steroid dienone is 1. The van der Waals surface area contributed by atoms with Gasteiger partial charge in [-0.1, -0.05) is 61.0 Å². The van der Waals surface area contributed by atoms with Crippen LogP contribution in [0.1, 0.15) is 37.3 Å². The first-order valence-electron chi connectivity index (χ1n) is 9.80. The Morgan fingerprint density at radius 1 is 1.13 bits per heavy atom. The molecule has 2 amide bonds. The maximum atomic E-state index is 13.2. The van der Waals surface area contributed by atoms with Crippen LogP contribution in [-0.4, -0.2) is 30.6 Å². The molecule has 0 aromatic heterocycles. The van der Waals surface area contributed by atoms with E-state index < -0.39 is 17.9 Å². The summed E-state index contributed by atoms with van der Waals surface area (Å²) < 4.78 is 4.80. The Bertz CT molecular complexity index is 1000. The maximum absolute atomic E-state index is 13.2. The van der Waals surface area contributed by atoms with E-state index in [1.807, 2.05) is 44.2 Å². The molecule has 2 aromatic rings. The molecule has 1 aliphatic rings. The number of rotatable bonds is 6. The molecular formula is C23H24N2O5. The molecule has 0 saturated heterocycles. The molecule has 7 heteroatoms. The summed E-state index contributed by atoms with van der Waals surface area (Å²) in [5.74, 6) is -1.11. The number of methoxy groups -OCH3 is 1. The fraction of sp³-hybridized carbons (Fsp3) is 0.304. The van der Waals surface area contributed by atoms with E-state index in [2.05, 4.69) is 0 Å². The fourth-order valence-corrected chi connectivity index (χ4v) is 4.27. The van der Waals surface area contributed by atoms with E-state index in [0.717, 1.165) is 16.0 Å². The predicted octanol–water partition coefficient (Wildman–Crippen LogP) is 4.66. The molecule has 0 radical (unpaired) electrons. The van der Waals surface area contributed by atoms with Crippen LogP contribution in [0.3, 0.4) is 0 Å². The monoisotopic (exact) mass is 408 g/mol. The number of benzene rings is 2. The van der Waals surface area contributed by atoms with Gasteiger partial charge in [0.15, 0.2) is 0 Å². The Hall–Kier alpha value is -3.48. The van der Waals surface area contributed by atoms with Gasteiger partial charge in [-0.25, -0.2) is 9.69 Å². The largest absolute Gasteiger partial charge is 0.452 e. The van der Waals surface area contributed by atoms with Crippen LogP contribution < -0.4 is 4.90 Å². The van der Waals surface area contributed by atoms with E-state index in [-0.39, 0.29) is 17.4 Å². The number of carbonyl (C=O) groups excluding carboxylic acids is 2. The summed E-state index contributed by atoms with van der Waals surface area (Å²) in [6.45, 7) is 3.53. The number of carbonyl (C=O) groups is 2. The molecule has 2 aromatic carbocycles. The summed E-state index contributed by atoms with van der Waals surface area (Å²) in [5, 5.41) is 11.4. The molecule has 1 heterocycles. The SMILES string of the molecule is CC[C@@H](/C(C)=C1\C(=O)N(C(=O)OC)c2ccccc21)[C@@H](C[N+](=O)[O-])c1ccccc1. The van der Waals surface area contributed by atoms with Crippen molar-refractivity contribution >= 4 is 23.3 Å². The highest BCUT2D eigenvalue weighted by molar-refractivity contribution is 6.39. The van der Waals surface area contributed by atoms with E-state index in [1.165, 1.54) is 7.11 Å². The van der Waals surface area contributed by atoms with Crippen molar-refractivity contribution in [2.45, 2.75) is 26.2 Å². The van der Waals surface area contributed by atoms with Gasteiger partial charge in [-0.3, -0.25) is 14.9 Å². The first-order valence-corrected chi connectivity index (χ1v) is 9.80. The Morgan fingerprint density at radius 3 is 2.37 bits per heavy atom. The summed E-state index contributed by atoms with van der Waals surface area (Å²) >= 11 is 0. The topological polar surface area (TPSA) is 89.8 Å². The number of amides is 2. The average Bonchev–Trinajstić information content (AvgIpc) is 3.05. The second-order valence-electron chi connectivity index (χ2n) is 7.23. The Balaban J connectivity index is 2.15. The number of hydrogen-bond acceptors (Lipinski definition) is 5. The van der Waals surface area contributed by atoms with E-state index >= 15 is 0 Å². The smallest absolute Gasteiger partial charge is 0.421 e. The van der Waals surface area contributed by atoms with Crippen molar-refractivity contribution in [1.29, 1.82) is 0 Å².